The van der Waals surface area contributed by atoms with Crippen LogP contribution in [0.25, 0.3) is 0 Å². The lowest BCUT2D eigenvalue weighted by atomic mass is 10.1. The zero-order chi connectivity index (χ0) is 21.4. The van der Waals surface area contributed by atoms with Crippen LogP contribution in [-0.4, -0.2) is 69.9 Å². The smallest absolute Gasteiger partial charge is 0.245 e. The van der Waals surface area contributed by atoms with Gasteiger partial charge in [0.1, 0.15) is 11.9 Å². The number of rotatable bonds is 5. The van der Waals surface area contributed by atoms with Gasteiger partial charge in [-0.2, -0.15) is 10.1 Å². The average Bonchev–Trinajstić information content (AvgIpc) is 3.53. The molecule has 0 spiro atoms. The van der Waals surface area contributed by atoms with E-state index in [1.54, 1.807) is 0 Å². The molecule has 2 aromatic heterocycles. The molecule has 166 valence electrons. The van der Waals surface area contributed by atoms with Crippen LogP contribution in [0.1, 0.15) is 56.0 Å². The molecule has 2 N–H and O–H groups in total. The van der Waals surface area contributed by atoms with Crippen molar-refractivity contribution in [1.82, 2.24) is 25.1 Å². The van der Waals surface area contributed by atoms with Gasteiger partial charge in [0.15, 0.2) is 5.82 Å². The highest BCUT2D eigenvalue weighted by atomic mass is 16.5. The van der Waals surface area contributed by atoms with E-state index in [0.29, 0.717) is 38.2 Å². The Morgan fingerprint density at radius 1 is 1.19 bits per heavy atom. The minimum Gasteiger partial charge on any atom is -0.378 e. The third kappa shape index (κ3) is 3.98. The van der Waals surface area contributed by atoms with Crippen LogP contribution in [0.2, 0.25) is 0 Å². The number of fused-ring (bicyclic) bond motifs is 1. The van der Waals surface area contributed by atoms with Crippen LogP contribution in [0.3, 0.4) is 0 Å². The Morgan fingerprint density at radius 2 is 2.03 bits per heavy atom. The monoisotopic (exact) mass is 425 g/mol. The maximum Gasteiger partial charge on any atom is 0.245 e. The minimum absolute atomic E-state index is 0.174. The third-order valence-electron chi connectivity index (χ3n) is 6.50. The van der Waals surface area contributed by atoms with Crippen LogP contribution < -0.4 is 10.2 Å². The molecule has 2 fully saturated rings. The van der Waals surface area contributed by atoms with E-state index in [4.69, 9.17) is 14.7 Å². The molecule has 1 atom stereocenters. The van der Waals surface area contributed by atoms with Crippen LogP contribution in [-0.2, 0) is 22.4 Å². The van der Waals surface area contributed by atoms with E-state index < -0.39 is 0 Å². The van der Waals surface area contributed by atoms with Crippen LogP contribution in [0.5, 0.6) is 0 Å². The molecule has 2 aromatic rings. The highest BCUT2D eigenvalue weighted by molar-refractivity contribution is 5.85. The summed E-state index contributed by atoms with van der Waals surface area (Å²) in [6.45, 7) is 7.64. The van der Waals surface area contributed by atoms with E-state index in [-0.39, 0.29) is 11.9 Å². The summed E-state index contributed by atoms with van der Waals surface area (Å²) in [7, 11) is 0. The van der Waals surface area contributed by atoms with Crippen molar-refractivity contribution < 1.29 is 9.53 Å². The number of amides is 1. The number of nitrogens with zero attached hydrogens (tertiary/aromatic N) is 5. The SMILES string of the molecule is CC(C)c1cc(Nc2nc(N3CCC[C@@H]3C(=O)N3CCOCC3)nc3c2CCC3)n[nH]1. The number of carbonyl (C=O) groups is 1. The number of hydrogen-bond donors (Lipinski definition) is 2. The van der Waals surface area contributed by atoms with Gasteiger partial charge in [-0.3, -0.25) is 9.89 Å². The second-order valence-corrected chi connectivity index (χ2v) is 8.93. The molecular weight excluding hydrogens is 394 g/mol. The van der Waals surface area contributed by atoms with Gasteiger partial charge >= 0.3 is 0 Å². The Morgan fingerprint density at radius 3 is 2.81 bits per heavy atom. The molecule has 0 unspecified atom stereocenters. The Bertz CT molecular complexity index is 951. The number of aryl methyl sites for hydroxylation is 1. The first-order valence-electron chi connectivity index (χ1n) is 11.5. The molecule has 4 heterocycles. The van der Waals surface area contributed by atoms with Gasteiger partial charge in [-0.1, -0.05) is 13.8 Å². The summed E-state index contributed by atoms with van der Waals surface area (Å²) in [6.07, 6.45) is 4.82. The fourth-order valence-electron chi connectivity index (χ4n) is 4.73. The second-order valence-electron chi connectivity index (χ2n) is 8.93. The number of nitrogens with one attached hydrogen (secondary N) is 2. The summed E-state index contributed by atoms with van der Waals surface area (Å²) in [5.41, 5.74) is 3.36. The van der Waals surface area contributed by atoms with E-state index >= 15 is 0 Å². The number of anilines is 3. The van der Waals surface area contributed by atoms with Crippen molar-refractivity contribution in [3.63, 3.8) is 0 Å². The number of carbonyl (C=O) groups excluding carboxylic acids is 1. The molecule has 0 bridgehead atoms. The summed E-state index contributed by atoms with van der Waals surface area (Å²) in [5, 5.41) is 10.9. The van der Waals surface area contributed by atoms with Crippen molar-refractivity contribution in [3.8, 4) is 0 Å². The minimum atomic E-state index is -0.191. The van der Waals surface area contributed by atoms with Crippen LogP contribution in [0, 0.1) is 0 Å². The maximum absolute atomic E-state index is 13.2. The highest BCUT2D eigenvalue weighted by Gasteiger charge is 2.36. The molecule has 5 rings (SSSR count). The maximum atomic E-state index is 13.2. The summed E-state index contributed by atoms with van der Waals surface area (Å²) in [4.78, 5) is 27.0. The van der Waals surface area contributed by atoms with E-state index in [9.17, 15) is 4.79 Å². The second kappa shape index (κ2) is 8.45. The predicted octanol–water partition coefficient (Wildman–Crippen LogP) is 2.38. The summed E-state index contributed by atoms with van der Waals surface area (Å²) < 4.78 is 5.41. The summed E-state index contributed by atoms with van der Waals surface area (Å²) in [5.74, 6) is 2.81. The number of ether oxygens (including phenoxy) is 1. The lowest BCUT2D eigenvalue weighted by Gasteiger charge is -2.32. The molecule has 1 amide bonds. The molecule has 0 saturated carbocycles. The first kappa shape index (κ1) is 20.2. The van der Waals surface area contributed by atoms with E-state index in [1.807, 2.05) is 11.0 Å². The molecule has 31 heavy (non-hydrogen) atoms. The molecule has 0 radical (unpaired) electrons. The van der Waals surface area contributed by atoms with Crippen molar-refractivity contribution in [2.75, 3.05) is 43.1 Å². The largest absolute Gasteiger partial charge is 0.378 e. The Hall–Kier alpha value is -2.68. The van der Waals surface area contributed by atoms with Crippen molar-refractivity contribution in [2.45, 2.75) is 57.9 Å². The molecule has 1 aliphatic carbocycles. The first-order chi connectivity index (χ1) is 15.1. The Kier molecular flexibility index (Phi) is 5.52. The quantitative estimate of drug-likeness (QED) is 0.759. The lowest BCUT2D eigenvalue weighted by molar-refractivity contribution is -0.136. The first-order valence-corrected chi connectivity index (χ1v) is 11.5. The molecular formula is C22H31N7O2. The van der Waals surface area contributed by atoms with E-state index in [1.165, 1.54) is 5.56 Å². The van der Waals surface area contributed by atoms with Gasteiger partial charge in [0.25, 0.3) is 0 Å². The number of aromatic nitrogens is 4. The van der Waals surface area contributed by atoms with Gasteiger partial charge in [0.2, 0.25) is 11.9 Å². The van der Waals surface area contributed by atoms with Gasteiger partial charge < -0.3 is 19.9 Å². The van der Waals surface area contributed by atoms with Gasteiger partial charge in [0.05, 0.1) is 18.9 Å². The topological polar surface area (TPSA) is 99.3 Å². The van der Waals surface area contributed by atoms with Crippen molar-refractivity contribution in [2.24, 2.45) is 0 Å². The molecule has 2 aliphatic heterocycles. The van der Waals surface area contributed by atoms with Gasteiger partial charge in [0, 0.05) is 37.0 Å². The summed E-state index contributed by atoms with van der Waals surface area (Å²) in [6, 6.07) is 1.84. The normalized spacial score (nSPS) is 21.1. The van der Waals surface area contributed by atoms with Crippen molar-refractivity contribution in [1.29, 1.82) is 0 Å². The standard InChI is InChI=1S/C22H31N7O2/c1-14(2)17-13-19(27-26-17)24-20-15-5-3-6-16(15)23-22(25-20)29-8-4-7-18(29)21(30)28-9-11-31-12-10-28/h13-14,18H,3-12H2,1-2H3,(H2,23,24,25,26,27)/t18-/m1/s1. The molecule has 2 saturated heterocycles. The molecule has 9 nitrogen and oxygen atoms in total. The fourth-order valence-corrected chi connectivity index (χ4v) is 4.73. The fraction of sp³-hybridized carbons (Fsp3) is 0.636. The highest BCUT2D eigenvalue weighted by Crippen LogP contribution is 2.33. The Labute approximate surface area is 182 Å². The van der Waals surface area contributed by atoms with E-state index in [0.717, 1.165) is 61.7 Å². The Balaban J connectivity index is 1.42. The van der Waals surface area contributed by atoms with Gasteiger partial charge in [-0.15, -0.1) is 0 Å². The molecule has 0 aromatic carbocycles. The molecule has 9 heteroatoms. The average molecular weight is 426 g/mol. The van der Waals surface area contributed by atoms with Gasteiger partial charge in [-0.05, 0) is 38.0 Å². The zero-order valence-electron chi connectivity index (χ0n) is 18.4. The molecule has 3 aliphatic rings. The number of aromatic amines is 1. The van der Waals surface area contributed by atoms with E-state index in [2.05, 4.69) is 34.3 Å². The van der Waals surface area contributed by atoms with Crippen LogP contribution in [0.15, 0.2) is 6.07 Å². The van der Waals surface area contributed by atoms with Gasteiger partial charge in [-0.25, -0.2) is 4.98 Å². The number of morpholine rings is 1. The predicted molar refractivity (Wildman–Crippen MR) is 118 cm³/mol. The lowest BCUT2D eigenvalue weighted by Crippen LogP contribution is -2.50. The van der Waals surface area contributed by atoms with Crippen molar-refractivity contribution in [3.05, 3.63) is 23.0 Å². The van der Waals surface area contributed by atoms with Crippen molar-refractivity contribution >= 4 is 23.5 Å². The third-order valence-corrected chi connectivity index (χ3v) is 6.50. The number of H-pyrrole nitrogens is 1. The zero-order valence-corrected chi connectivity index (χ0v) is 18.4. The van der Waals surface area contributed by atoms with Crippen LogP contribution in [0.4, 0.5) is 17.6 Å². The van der Waals surface area contributed by atoms with Crippen LogP contribution >= 0.6 is 0 Å². The number of hydrogen-bond acceptors (Lipinski definition) is 7. The summed E-state index contributed by atoms with van der Waals surface area (Å²) >= 11 is 0.